The summed E-state index contributed by atoms with van der Waals surface area (Å²) in [6.45, 7) is 3.43. The lowest BCUT2D eigenvalue weighted by molar-refractivity contribution is -0.118. The van der Waals surface area contributed by atoms with Gasteiger partial charge in [0.15, 0.2) is 5.11 Å². The molecular formula is C13H18ClN3OS. The zero-order chi connectivity index (χ0) is 14.1. The first-order valence-electron chi connectivity index (χ1n) is 6.08. The van der Waals surface area contributed by atoms with Crippen molar-refractivity contribution in [1.82, 2.24) is 16.0 Å². The van der Waals surface area contributed by atoms with Crippen LogP contribution in [0.1, 0.15) is 12.5 Å². The lowest BCUT2D eigenvalue weighted by atomic mass is 10.1. The monoisotopic (exact) mass is 299 g/mol. The third kappa shape index (κ3) is 7.64. The average Bonchev–Trinajstić information content (AvgIpc) is 2.37. The van der Waals surface area contributed by atoms with E-state index in [1.54, 1.807) is 0 Å². The summed E-state index contributed by atoms with van der Waals surface area (Å²) in [5.74, 6) is -0.0385. The standard InChI is InChI=1S/C13H18ClN3OS/c1-10(18)15-8-9-17-13(19)16-7-6-11-2-4-12(14)5-3-11/h2-5H,6-9H2,1H3,(H,15,18)(H2,16,17,19). The molecule has 1 amide bonds. The van der Waals surface area contributed by atoms with Gasteiger partial charge in [-0.1, -0.05) is 23.7 Å². The Morgan fingerprint density at radius 1 is 1.11 bits per heavy atom. The zero-order valence-corrected chi connectivity index (χ0v) is 12.4. The van der Waals surface area contributed by atoms with E-state index in [2.05, 4.69) is 16.0 Å². The molecule has 1 rings (SSSR count). The Morgan fingerprint density at radius 3 is 2.32 bits per heavy atom. The summed E-state index contributed by atoms with van der Waals surface area (Å²) < 4.78 is 0. The molecule has 1 aromatic carbocycles. The Kier molecular flexibility index (Phi) is 7.22. The zero-order valence-electron chi connectivity index (χ0n) is 10.8. The summed E-state index contributed by atoms with van der Waals surface area (Å²) >= 11 is 10.9. The number of halogens is 1. The molecule has 0 radical (unpaired) electrons. The summed E-state index contributed by atoms with van der Waals surface area (Å²) in [4.78, 5) is 10.6. The molecule has 3 N–H and O–H groups in total. The number of thiocarbonyl (C=S) groups is 1. The number of carbonyl (C=O) groups is 1. The number of carbonyl (C=O) groups excluding carboxylic acids is 1. The van der Waals surface area contributed by atoms with E-state index >= 15 is 0 Å². The lowest BCUT2D eigenvalue weighted by Gasteiger charge is -2.10. The molecule has 4 nitrogen and oxygen atoms in total. The molecular weight excluding hydrogens is 282 g/mol. The van der Waals surface area contributed by atoms with Crippen LogP contribution in [0.3, 0.4) is 0 Å². The van der Waals surface area contributed by atoms with Crippen LogP contribution >= 0.6 is 23.8 Å². The molecule has 0 heterocycles. The SMILES string of the molecule is CC(=O)NCCNC(=S)NCCc1ccc(Cl)cc1. The topological polar surface area (TPSA) is 53.2 Å². The van der Waals surface area contributed by atoms with Crippen LogP contribution in [0, 0.1) is 0 Å². The van der Waals surface area contributed by atoms with Gasteiger partial charge in [-0.15, -0.1) is 0 Å². The van der Waals surface area contributed by atoms with Crippen LogP contribution in [0.5, 0.6) is 0 Å². The molecule has 0 saturated heterocycles. The van der Waals surface area contributed by atoms with Crippen LogP contribution in [-0.2, 0) is 11.2 Å². The van der Waals surface area contributed by atoms with Crippen molar-refractivity contribution in [2.75, 3.05) is 19.6 Å². The highest BCUT2D eigenvalue weighted by atomic mass is 35.5. The summed E-state index contributed by atoms with van der Waals surface area (Å²) in [5.41, 5.74) is 1.21. The van der Waals surface area contributed by atoms with Crippen molar-refractivity contribution >= 4 is 34.8 Å². The fourth-order valence-electron chi connectivity index (χ4n) is 1.45. The van der Waals surface area contributed by atoms with Crippen molar-refractivity contribution < 1.29 is 4.79 Å². The second kappa shape index (κ2) is 8.72. The fraction of sp³-hybridized carbons (Fsp3) is 0.385. The van der Waals surface area contributed by atoms with Crippen LogP contribution in [0.15, 0.2) is 24.3 Å². The van der Waals surface area contributed by atoms with Crippen molar-refractivity contribution in [1.29, 1.82) is 0 Å². The van der Waals surface area contributed by atoms with E-state index in [0.717, 1.165) is 18.0 Å². The molecule has 0 aromatic heterocycles. The van der Waals surface area contributed by atoms with Gasteiger partial charge in [0.2, 0.25) is 5.91 Å². The summed E-state index contributed by atoms with van der Waals surface area (Å²) in [5, 5.41) is 10.2. The van der Waals surface area contributed by atoms with Crippen LogP contribution in [0.4, 0.5) is 0 Å². The summed E-state index contributed by atoms with van der Waals surface area (Å²) in [7, 11) is 0. The molecule has 0 unspecified atom stereocenters. The quantitative estimate of drug-likeness (QED) is 0.550. The maximum atomic E-state index is 10.6. The molecule has 0 spiro atoms. The Labute approximate surface area is 123 Å². The maximum Gasteiger partial charge on any atom is 0.216 e. The van der Waals surface area contributed by atoms with Crippen molar-refractivity contribution in [3.05, 3.63) is 34.9 Å². The molecule has 6 heteroatoms. The Balaban J connectivity index is 2.10. The molecule has 19 heavy (non-hydrogen) atoms. The molecule has 0 aliphatic carbocycles. The highest BCUT2D eigenvalue weighted by Gasteiger charge is 1.97. The molecule has 0 aliphatic rings. The van der Waals surface area contributed by atoms with Crippen LogP contribution in [0.25, 0.3) is 0 Å². The predicted molar refractivity (Wildman–Crippen MR) is 82.4 cm³/mol. The van der Waals surface area contributed by atoms with Crippen molar-refractivity contribution in [2.45, 2.75) is 13.3 Å². The second-order valence-electron chi connectivity index (χ2n) is 4.04. The molecule has 0 aliphatic heterocycles. The van der Waals surface area contributed by atoms with Gasteiger partial charge in [-0.25, -0.2) is 0 Å². The van der Waals surface area contributed by atoms with E-state index in [0.29, 0.717) is 18.2 Å². The number of rotatable bonds is 6. The minimum Gasteiger partial charge on any atom is -0.362 e. The highest BCUT2D eigenvalue weighted by molar-refractivity contribution is 7.80. The van der Waals surface area contributed by atoms with Gasteiger partial charge in [0.25, 0.3) is 0 Å². The first-order chi connectivity index (χ1) is 9.08. The molecule has 1 aromatic rings. The van der Waals surface area contributed by atoms with Gasteiger partial charge in [-0.05, 0) is 36.3 Å². The predicted octanol–water partition coefficient (Wildman–Crippen LogP) is 1.48. The van der Waals surface area contributed by atoms with E-state index in [9.17, 15) is 4.79 Å². The number of nitrogens with one attached hydrogen (secondary N) is 3. The highest BCUT2D eigenvalue weighted by Crippen LogP contribution is 2.09. The van der Waals surface area contributed by atoms with E-state index in [1.165, 1.54) is 12.5 Å². The van der Waals surface area contributed by atoms with E-state index in [4.69, 9.17) is 23.8 Å². The van der Waals surface area contributed by atoms with Gasteiger partial charge in [0, 0.05) is 31.6 Å². The van der Waals surface area contributed by atoms with E-state index in [-0.39, 0.29) is 5.91 Å². The molecule has 104 valence electrons. The van der Waals surface area contributed by atoms with E-state index in [1.807, 2.05) is 24.3 Å². The third-order valence-electron chi connectivity index (χ3n) is 2.40. The fourth-order valence-corrected chi connectivity index (χ4v) is 1.78. The van der Waals surface area contributed by atoms with Crippen LogP contribution < -0.4 is 16.0 Å². The normalized spacial score (nSPS) is 9.79. The number of benzene rings is 1. The number of amides is 1. The van der Waals surface area contributed by atoms with Gasteiger partial charge in [0.1, 0.15) is 0 Å². The number of hydrogen-bond acceptors (Lipinski definition) is 2. The smallest absolute Gasteiger partial charge is 0.216 e. The van der Waals surface area contributed by atoms with Crippen LogP contribution in [-0.4, -0.2) is 30.7 Å². The van der Waals surface area contributed by atoms with Crippen molar-refractivity contribution in [3.63, 3.8) is 0 Å². The minimum absolute atomic E-state index is 0.0385. The first-order valence-corrected chi connectivity index (χ1v) is 6.87. The lowest BCUT2D eigenvalue weighted by Crippen LogP contribution is -2.40. The Hall–Kier alpha value is -1.33. The molecule has 0 saturated carbocycles. The first kappa shape index (κ1) is 15.7. The average molecular weight is 300 g/mol. The summed E-state index contributed by atoms with van der Waals surface area (Å²) in [6, 6.07) is 7.75. The van der Waals surface area contributed by atoms with Gasteiger partial charge in [0.05, 0.1) is 0 Å². The van der Waals surface area contributed by atoms with Crippen LogP contribution in [0.2, 0.25) is 5.02 Å². The maximum absolute atomic E-state index is 10.6. The Morgan fingerprint density at radius 2 is 1.68 bits per heavy atom. The van der Waals surface area contributed by atoms with Crippen molar-refractivity contribution in [3.8, 4) is 0 Å². The van der Waals surface area contributed by atoms with Gasteiger partial charge < -0.3 is 16.0 Å². The summed E-state index contributed by atoms with van der Waals surface area (Å²) in [6.07, 6.45) is 0.880. The largest absolute Gasteiger partial charge is 0.362 e. The van der Waals surface area contributed by atoms with Gasteiger partial charge in [-0.2, -0.15) is 0 Å². The van der Waals surface area contributed by atoms with Gasteiger partial charge in [-0.3, -0.25) is 4.79 Å². The molecule has 0 bridgehead atoms. The molecule has 0 fully saturated rings. The van der Waals surface area contributed by atoms with Gasteiger partial charge >= 0.3 is 0 Å². The van der Waals surface area contributed by atoms with Crippen molar-refractivity contribution in [2.24, 2.45) is 0 Å². The van der Waals surface area contributed by atoms with E-state index < -0.39 is 0 Å². The Bertz CT molecular complexity index is 422. The number of hydrogen-bond donors (Lipinski definition) is 3. The molecule has 0 atom stereocenters. The second-order valence-corrected chi connectivity index (χ2v) is 4.89. The minimum atomic E-state index is -0.0385. The third-order valence-corrected chi connectivity index (χ3v) is 2.94.